The maximum Gasteiger partial charge on any atom is 0.233 e. The Morgan fingerprint density at radius 3 is 2.52 bits per heavy atom. The standard InChI is InChI=1S/C15H13ClN2O3/c1-8-10(4-5-21-8)15(16)9-2-3-11-12(6-9)18-14(20)7-13(19)17-11/h2-6,15H,7H2,1H3,(H,17,19)(H,18,20). The van der Waals surface area contributed by atoms with E-state index < -0.39 is 0 Å². The maximum atomic E-state index is 11.6. The summed E-state index contributed by atoms with van der Waals surface area (Å²) in [7, 11) is 0. The van der Waals surface area contributed by atoms with Gasteiger partial charge in [0.15, 0.2) is 0 Å². The predicted molar refractivity (Wildman–Crippen MR) is 79.5 cm³/mol. The number of carbonyl (C=O) groups excluding carboxylic acids is 2. The minimum atomic E-state index is -0.384. The third-order valence-electron chi connectivity index (χ3n) is 3.38. The largest absolute Gasteiger partial charge is 0.469 e. The van der Waals surface area contributed by atoms with Crippen molar-refractivity contribution in [1.29, 1.82) is 0 Å². The van der Waals surface area contributed by atoms with Gasteiger partial charge in [-0.2, -0.15) is 0 Å². The van der Waals surface area contributed by atoms with Crippen molar-refractivity contribution < 1.29 is 14.0 Å². The molecule has 0 radical (unpaired) electrons. The van der Waals surface area contributed by atoms with Crippen molar-refractivity contribution in [3.63, 3.8) is 0 Å². The van der Waals surface area contributed by atoms with Crippen LogP contribution in [0.3, 0.4) is 0 Å². The molecule has 1 aromatic heterocycles. The molecule has 0 fully saturated rings. The van der Waals surface area contributed by atoms with Crippen LogP contribution < -0.4 is 10.6 Å². The van der Waals surface area contributed by atoms with Gasteiger partial charge in [-0.25, -0.2) is 0 Å². The highest BCUT2D eigenvalue weighted by atomic mass is 35.5. The summed E-state index contributed by atoms with van der Waals surface area (Å²) in [6, 6.07) is 7.14. The highest BCUT2D eigenvalue weighted by Gasteiger charge is 2.21. The molecule has 2 N–H and O–H groups in total. The minimum Gasteiger partial charge on any atom is -0.469 e. The highest BCUT2D eigenvalue weighted by Crippen LogP contribution is 2.35. The molecule has 1 aliphatic heterocycles. The van der Waals surface area contributed by atoms with E-state index in [0.717, 1.165) is 16.9 Å². The number of alkyl halides is 1. The van der Waals surface area contributed by atoms with E-state index in [1.54, 1.807) is 18.4 Å². The number of hydrogen-bond donors (Lipinski definition) is 2. The van der Waals surface area contributed by atoms with Crippen LogP contribution in [0.25, 0.3) is 0 Å². The summed E-state index contributed by atoms with van der Waals surface area (Å²) in [5.41, 5.74) is 2.81. The number of aryl methyl sites for hydroxylation is 1. The number of benzene rings is 1. The van der Waals surface area contributed by atoms with Gasteiger partial charge in [-0.05, 0) is 30.7 Å². The fraction of sp³-hybridized carbons (Fsp3) is 0.200. The summed E-state index contributed by atoms with van der Waals surface area (Å²) in [4.78, 5) is 23.1. The Balaban J connectivity index is 1.98. The van der Waals surface area contributed by atoms with Gasteiger partial charge in [0, 0.05) is 5.56 Å². The zero-order valence-electron chi connectivity index (χ0n) is 11.3. The van der Waals surface area contributed by atoms with Gasteiger partial charge >= 0.3 is 0 Å². The number of carbonyl (C=O) groups is 2. The molecule has 21 heavy (non-hydrogen) atoms. The molecule has 1 aromatic carbocycles. The molecule has 2 aromatic rings. The Morgan fingerprint density at radius 1 is 1.14 bits per heavy atom. The average Bonchev–Trinajstić information content (AvgIpc) is 2.79. The number of halogens is 1. The molecule has 1 atom stereocenters. The number of amides is 2. The van der Waals surface area contributed by atoms with Crippen molar-refractivity contribution in [2.24, 2.45) is 0 Å². The maximum absolute atomic E-state index is 11.6. The van der Waals surface area contributed by atoms with Gasteiger partial charge in [0.05, 0.1) is 23.0 Å². The van der Waals surface area contributed by atoms with Crippen molar-refractivity contribution >= 4 is 34.8 Å². The van der Waals surface area contributed by atoms with E-state index in [1.807, 2.05) is 19.1 Å². The van der Waals surface area contributed by atoms with Gasteiger partial charge < -0.3 is 15.1 Å². The summed E-state index contributed by atoms with van der Waals surface area (Å²) in [6.45, 7) is 1.84. The number of fused-ring (bicyclic) bond motifs is 1. The lowest BCUT2D eigenvalue weighted by Crippen LogP contribution is -2.16. The van der Waals surface area contributed by atoms with Crippen molar-refractivity contribution in [3.05, 3.63) is 47.4 Å². The summed E-state index contributed by atoms with van der Waals surface area (Å²) in [6.07, 6.45) is 1.40. The van der Waals surface area contributed by atoms with Crippen LogP contribution in [0.2, 0.25) is 0 Å². The molecule has 2 heterocycles. The van der Waals surface area contributed by atoms with Crippen LogP contribution in [-0.2, 0) is 9.59 Å². The summed E-state index contributed by atoms with van der Waals surface area (Å²) in [5, 5.41) is 5.00. The molecular formula is C15H13ClN2O3. The van der Waals surface area contributed by atoms with Crippen LogP contribution in [0, 0.1) is 6.92 Å². The molecule has 1 aliphatic rings. The number of anilines is 2. The van der Waals surface area contributed by atoms with Gasteiger partial charge in [0.2, 0.25) is 11.8 Å². The second kappa shape index (κ2) is 5.26. The predicted octanol–water partition coefficient (Wildman–Crippen LogP) is 3.20. The lowest BCUT2D eigenvalue weighted by atomic mass is 10.0. The Labute approximate surface area is 126 Å². The third kappa shape index (κ3) is 2.64. The first-order valence-electron chi connectivity index (χ1n) is 6.46. The number of furan rings is 1. The van der Waals surface area contributed by atoms with Crippen LogP contribution in [0.5, 0.6) is 0 Å². The zero-order chi connectivity index (χ0) is 15.0. The molecule has 6 heteroatoms. The molecule has 108 valence electrons. The Hall–Kier alpha value is -2.27. The second-order valence-corrected chi connectivity index (χ2v) is 5.31. The average molecular weight is 305 g/mol. The van der Waals surface area contributed by atoms with E-state index in [1.165, 1.54) is 0 Å². The second-order valence-electron chi connectivity index (χ2n) is 4.87. The van der Waals surface area contributed by atoms with Crippen molar-refractivity contribution in [3.8, 4) is 0 Å². The van der Waals surface area contributed by atoms with Gasteiger partial charge in [0.1, 0.15) is 12.2 Å². The molecule has 1 unspecified atom stereocenters. The van der Waals surface area contributed by atoms with Crippen LogP contribution >= 0.6 is 11.6 Å². The Kier molecular flexibility index (Phi) is 3.43. The zero-order valence-corrected chi connectivity index (χ0v) is 12.0. The molecule has 0 bridgehead atoms. The smallest absolute Gasteiger partial charge is 0.233 e. The molecule has 5 nitrogen and oxygen atoms in total. The Bertz CT molecular complexity index is 723. The number of nitrogens with one attached hydrogen (secondary N) is 2. The van der Waals surface area contributed by atoms with Crippen molar-refractivity contribution in [2.45, 2.75) is 18.7 Å². The first-order chi connectivity index (χ1) is 10.0. The van der Waals surface area contributed by atoms with Gasteiger partial charge in [0.25, 0.3) is 0 Å². The van der Waals surface area contributed by atoms with Crippen molar-refractivity contribution in [2.75, 3.05) is 10.6 Å². The minimum absolute atomic E-state index is 0.185. The fourth-order valence-corrected chi connectivity index (χ4v) is 2.67. The molecule has 0 spiro atoms. The quantitative estimate of drug-likeness (QED) is 0.661. The van der Waals surface area contributed by atoms with Gasteiger partial charge in [-0.1, -0.05) is 6.07 Å². The monoisotopic (exact) mass is 304 g/mol. The summed E-state index contributed by atoms with van der Waals surface area (Å²) < 4.78 is 5.26. The topological polar surface area (TPSA) is 71.3 Å². The van der Waals surface area contributed by atoms with E-state index in [2.05, 4.69) is 10.6 Å². The number of hydrogen-bond acceptors (Lipinski definition) is 3. The Morgan fingerprint density at radius 2 is 1.86 bits per heavy atom. The van der Waals surface area contributed by atoms with E-state index in [-0.39, 0.29) is 23.6 Å². The molecule has 2 amide bonds. The van der Waals surface area contributed by atoms with E-state index in [4.69, 9.17) is 16.0 Å². The van der Waals surface area contributed by atoms with E-state index in [9.17, 15) is 9.59 Å². The fourth-order valence-electron chi connectivity index (χ4n) is 2.30. The van der Waals surface area contributed by atoms with Crippen LogP contribution in [0.1, 0.15) is 28.7 Å². The van der Waals surface area contributed by atoms with Gasteiger partial charge in [-0.15, -0.1) is 11.6 Å². The summed E-state index contributed by atoms with van der Waals surface area (Å²) in [5.74, 6) is 0.0865. The molecule has 3 rings (SSSR count). The van der Waals surface area contributed by atoms with Crippen LogP contribution in [-0.4, -0.2) is 11.8 Å². The SMILES string of the molecule is Cc1occc1C(Cl)c1ccc2c(c1)NC(=O)CC(=O)N2. The van der Waals surface area contributed by atoms with Crippen molar-refractivity contribution in [1.82, 2.24) is 0 Å². The van der Waals surface area contributed by atoms with E-state index in [0.29, 0.717) is 11.4 Å². The first-order valence-corrected chi connectivity index (χ1v) is 6.90. The summed E-state index contributed by atoms with van der Waals surface area (Å²) >= 11 is 6.47. The molecule has 0 saturated carbocycles. The van der Waals surface area contributed by atoms with E-state index >= 15 is 0 Å². The van der Waals surface area contributed by atoms with Crippen LogP contribution in [0.15, 0.2) is 34.9 Å². The normalized spacial score (nSPS) is 15.7. The van der Waals surface area contributed by atoms with Crippen LogP contribution in [0.4, 0.5) is 11.4 Å². The molecule has 0 aliphatic carbocycles. The van der Waals surface area contributed by atoms with Gasteiger partial charge in [-0.3, -0.25) is 9.59 Å². The lowest BCUT2D eigenvalue weighted by molar-refractivity contribution is -0.123. The molecule has 0 saturated heterocycles. The third-order valence-corrected chi connectivity index (χ3v) is 3.86. The number of rotatable bonds is 2. The lowest BCUT2D eigenvalue weighted by Gasteiger charge is -2.13. The molecular weight excluding hydrogens is 292 g/mol. The highest BCUT2D eigenvalue weighted by molar-refractivity contribution is 6.23. The first kappa shape index (κ1) is 13.7.